The maximum atomic E-state index is 9.82. The van der Waals surface area contributed by atoms with Crippen LogP contribution in [0.5, 0.6) is 5.75 Å². The fraction of sp³-hybridized carbons (Fsp3) is 0.500. The highest BCUT2D eigenvalue weighted by molar-refractivity contribution is 7.98. The molecule has 16 heavy (non-hydrogen) atoms. The van der Waals surface area contributed by atoms with Crippen molar-refractivity contribution in [1.29, 1.82) is 0 Å². The van der Waals surface area contributed by atoms with Crippen molar-refractivity contribution >= 4 is 23.4 Å². The first-order valence-corrected chi connectivity index (χ1v) is 7.10. The number of benzene rings is 1. The molecular weight excluding hydrogens is 242 g/mol. The molecule has 0 bridgehead atoms. The van der Waals surface area contributed by atoms with E-state index in [4.69, 9.17) is 11.6 Å². The summed E-state index contributed by atoms with van der Waals surface area (Å²) in [4.78, 5) is 0. The lowest BCUT2D eigenvalue weighted by Gasteiger charge is -2.09. The summed E-state index contributed by atoms with van der Waals surface area (Å²) < 4.78 is 0. The van der Waals surface area contributed by atoms with E-state index in [1.54, 1.807) is 6.07 Å². The van der Waals surface area contributed by atoms with Gasteiger partial charge in [0, 0.05) is 17.1 Å². The summed E-state index contributed by atoms with van der Waals surface area (Å²) in [5.74, 6) is 1.51. The van der Waals surface area contributed by atoms with Crippen molar-refractivity contribution in [3.63, 3.8) is 0 Å². The van der Waals surface area contributed by atoms with Crippen LogP contribution in [-0.4, -0.2) is 23.7 Å². The van der Waals surface area contributed by atoms with E-state index in [9.17, 15) is 5.11 Å². The smallest absolute Gasteiger partial charge is 0.123 e. The van der Waals surface area contributed by atoms with Crippen LogP contribution in [0.3, 0.4) is 0 Å². The summed E-state index contributed by atoms with van der Waals surface area (Å²) >= 11 is 7.79. The molecule has 0 atom stereocenters. The number of hydrogen-bond donors (Lipinski definition) is 2. The van der Waals surface area contributed by atoms with Crippen LogP contribution < -0.4 is 5.32 Å². The lowest BCUT2D eigenvalue weighted by molar-refractivity contribution is 0.460. The van der Waals surface area contributed by atoms with Gasteiger partial charge in [-0.2, -0.15) is 11.8 Å². The van der Waals surface area contributed by atoms with Gasteiger partial charge in [0.05, 0.1) is 0 Å². The Morgan fingerprint density at radius 2 is 2.19 bits per heavy atom. The average Bonchev–Trinajstić information content (AvgIpc) is 2.24. The molecule has 0 spiro atoms. The Balaban J connectivity index is 2.47. The number of phenolic OH excluding ortho intramolecular Hbond substituents is 1. The quantitative estimate of drug-likeness (QED) is 0.770. The monoisotopic (exact) mass is 259 g/mol. The van der Waals surface area contributed by atoms with E-state index in [-0.39, 0.29) is 0 Å². The molecule has 2 N–H and O–H groups in total. The van der Waals surface area contributed by atoms with Crippen molar-refractivity contribution in [3.05, 3.63) is 28.3 Å². The minimum atomic E-state index is 0.349. The molecule has 1 aromatic rings. The Morgan fingerprint density at radius 1 is 1.44 bits per heavy atom. The van der Waals surface area contributed by atoms with Crippen molar-refractivity contribution in [2.45, 2.75) is 19.9 Å². The van der Waals surface area contributed by atoms with Crippen LogP contribution in [0.15, 0.2) is 12.1 Å². The van der Waals surface area contributed by atoms with E-state index < -0.39 is 0 Å². The van der Waals surface area contributed by atoms with Crippen molar-refractivity contribution in [2.75, 3.05) is 18.6 Å². The Hall–Kier alpha value is -0.380. The molecule has 1 aromatic carbocycles. The van der Waals surface area contributed by atoms with E-state index in [2.05, 4.69) is 11.6 Å². The first kappa shape index (κ1) is 13.7. The molecule has 0 aliphatic rings. The molecule has 2 nitrogen and oxygen atoms in total. The average molecular weight is 260 g/mol. The predicted molar refractivity (Wildman–Crippen MR) is 72.6 cm³/mol. The second-order valence-electron chi connectivity index (χ2n) is 3.75. The maximum Gasteiger partial charge on any atom is 0.123 e. The highest BCUT2D eigenvalue weighted by Gasteiger charge is 2.05. The molecular formula is C12H18ClNOS. The van der Waals surface area contributed by atoms with Gasteiger partial charge >= 0.3 is 0 Å². The maximum absolute atomic E-state index is 9.82. The van der Waals surface area contributed by atoms with Crippen molar-refractivity contribution in [1.82, 2.24) is 5.32 Å². The molecule has 0 saturated heterocycles. The first-order valence-electron chi connectivity index (χ1n) is 5.32. The first-order chi connectivity index (χ1) is 7.65. The number of nitrogens with one attached hydrogen (secondary N) is 1. The van der Waals surface area contributed by atoms with Gasteiger partial charge in [0.25, 0.3) is 0 Å². The normalized spacial score (nSPS) is 10.7. The fourth-order valence-corrected chi connectivity index (χ4v) is 2.23. The lowest BCUT2D eigenvalue weighted by Crippen LogP contribution is -2.15. The second-order valence-corrected chi connectivity index (χ2v) is 5.18. The van der Waals surface area contributed by atoms with Gasteiger partial charge in [0.2, 0.25) is 0 Å². The summed E-state index contributed by atoms with van der Waals surface area (Å²) in [5.41, 5.74) is 1.70. The number of aryl methyl sites for hydroxylation is 1. The zero-order chi connectivity index (χ0) is 12.0. The molecule has 4 heteroatoms. The summed E-state index contributed by atoms with van der Waals surface area (Å²) in [6.45, 7) is 3.49. The number of hydrogen-bond acceptors (Lipinski definition) is 3. The molecule has 0 radical (unpaired) electrons. The molecule has 0 saturated carbocycles. The van der Waals surface area contributed by atoms with Crippen LogP contribution in [0.2, 0.25) is 5.02 Å². The Bertz CT molecular complexity index is 344. The molecule has 0 fully saturated rings. The van der Waals surface area contributed by atoms with Crippen LogP contribution >= 0.6 is 23.4 Å². The van der Waals surface area contributed by atoms with Gasteiger partial charge in [-0.05, 0) is 49.6 Å². The van der Waals surface area contributed by atoms with Crippen LogP contribution in [0, 0.1) is 6.92 Å². The van der Waals surface area contributed by atoms with E-state index >= 15 is 0 Å². The Labute approximate surface area is 106 Å². The van der Waals surface area contributed by atoms with Crippen LogP contribution in [0.1, 0.15) is 17.5 Å². The van der Waals surface area contributed by atoms with Gasteiger partial charge < -0.3 is 10.4 Å². The van der Waals surface area contributed by atoms with E-state index in [0.717, 1.165) is 29.8 Å². The second kappa shape index (κ2) is 7.05. The van der Waals surface area contributed by atoms with E-state index in [1.807, 2.05) is 24.8 Å². The van der Waals surface area contributed by atoms with Crippen LogP contribution in [0.4, 0.5) is 0 Å². The zero-order valence-electron chi connectivity index (χ0n) is 9.72. The summed E-state index contributed by atoms with van der Waals surface area (Å²) in [7, 11) is 0. The lowest BCUT2D eigenvalue weighted by atomic mass is 10.1. The zero-order valence-corrected chi connectivity index (χ0v) is 11.3. The van der Waals surface area contributed by atoms with Gasteiger partial charge in [0.1, 0.15) is 5.75 Å². The molecule has 0 aliphatic heterocycles. The number of halogens is 1. The molecule has 0 aliphatic carbocycles. The van der Waals surface area contributed by atoms with Crippen molar-refractivity contribution in [2.24, 2.45) is 0 Å². The van der Waals surface area contributed by atoms with Gasteiger partial charge in [0.15, 0.2) is 0 Å². The topological polar surface area (TPSA) is 32.3 Å². The Morgan fingerprint density at radius 3 is 2.88 bits per heavy atom. The third-order valence-electron chi connectivity index (χ3n) is 2.36. The summed E-state index contributed by atoms with van der Waals surface area (Å²) in [5, 5.41) is 13.8. The highest BCUT2D eigenvalue weighted by atomic mass is 35.5. The highest BCUT2D eigenvalue weighted by Crippen LogP contribution is 2.26. The molecule has 90 valence electrons. The number of aromatic hydroxyl groups is 1. The summed E-state index contributed by atoms with van der Waals surface area (Å²) in [6, 6.07) is 3.58. The number of phenols is 1. The summed E-state index contributed by atoms with van der Waals surface area (Å²) in [6.07, 6.45) is 3.24. The Kier molecular flexibility index (Phi) is 6.03. The molecule has 0 heterocycles. The van der Waals surface area contributed by atoms with E-state index in [1.165, 1.54) is 0 Å². The van der Waals surface area contributed by atoms with Gasteiger partial charge in [-0.25, -0.2) is 0 Å². The van der Waals surface area contributed by atoms with Gasteiger partial charge in [-0.15, -0.1) is 0 Å². The number of rotatable bonds is 6. The molecule has 0 aromatic heterocycles. The van der Waals surface area contributed by atoms with Crippen LogP contribution in [-0.2, 0) is 6.54 Å². The standard InChI is InChI=1S/C12H18ClNOS/c1-9-6-11(13)7-10(12(9)15)8-14-4-3-5-16-2/h6-7,14-15H,3-5,8H2,1-2H3. The fourth-order valence-electron chi connectivity index (χ4n) is 1.50. The third kappa shape index (κ3) is 4.24. The largest absolute Gasteiger partial charge is 0.507 e. The minimum Gasteiger partial charge on any atom is -0.507 e. The minimum absolute atomic E-state index is 0.349. The van der Waals surface area contributed by atoms with Crippen LogP contribution in [0.25, 0.3) is 0 Å². The van der Waals surface area contributed by atoms with E-state index in [0.29, 0.717) is 17.3 Å². The number of thioether (sulfide) groups is 1. The van der Waals surface area contributed by atoms with Gasteiger partial charge in [-0.3, -0.25) is 0 Å². The third-order valence-corrected chi connectivity index (χ3v) is 3.28. The molecule has 1 rings (SSSR count). The SMILES string of the molecule is CSCCCNCc1cc(Cl)cc(C)c1O. The predicted octanol–water partition coefficient (Wildman–Crippen LogP) is 3.20. The van der Waals surface area contributed by atoms with Gasteiger partial charge in [-0.1, -0.05) is 11.6 Å². The molecule has 0 amide bonds. The molecule has 0 unspecified atom stereocenters. The van der Waals surface area contributed by atoms with Crippen molar-refractivity contribution in [3.8, 4) is 5.75 Å². The van der Waals surface area contributed by atoms with Crippen molar-refractivity contribution < 1.29 is 5.11 Å².